The zero-order chi connectivity index (χ0) is 30.3. The Balaban J connectivity index is 5.81. The molecule has 0 saturated heterocycles. The summed E-state index contributed by atoms with van der Waals surface area (Å²) in [6, 6.07) is -6.52. The van der Waals surface area contributed by atoms with Crippen molar-refractivity contribution < 1.29 is 54.0 Å². The molecule has 4 amide bonds. The van der Waals surface area contributed by atoms with Crippen molar-refractivity contribution in [2.24, 2.45) is 22.2 Å². The molecule has 0 aliphatic heterocycles. The van der Waals surface area contributed by atoms with Gasteiger partial charge in [0.25, 0.3) is 0 Å². The lowest BCUT2D eigenvalue weighted by Gasteiger charge is -2.26. The summed E-state index contributed by atoms with van der Waals surface area (Å²) in [7, 11) is 0. The molecule has 0 unspecified atom stereocenters. The summed E-state index contributed by atoms with van der Waals surface area (Å²) in [4.78, 5) is 86.7. The lowest BCUT2D eigenvalue weighted by atomic mass is 10.1. The van der Waals surface area contributed by atoms with E-state index in [-0.39, 0.29) is 25.3 Å². The van der Waals surface area contributed by atoms with E-state index in [1.807, 2.05) is 10.6 Å². The summed E-state index contributed by atoms with van der Waals surface area (Å²) < 4.78 is 0. The highest BCUT2D eigenvalue weighted by atomic mass is 16.4. The normalized spacial score (nSPS) is 14.3. The van der Waals surface area contributed by atoms with Crippen LogP contribution in [0.2, 0.25) is 0 Å². The minimum Gasteiger partial charge on any atom is -0.481 e. The number of hydrogen-bond acceptors (Lipinski definition) is 10. The fourth-order valence-corrected chi connectivity index (χ4v) is 2.92. The lowest BCUT2D eigenvalue weighted by molar-refractivity contribution is -0.142. The van der Waals surface area contributed by atoms with Gasteiger partial charge < -0.3 is 58.9 Å². The number of carbonyl (C=O) groups excluding carboxylic acids is 4. The number of aliphatic carboxylic acids is 3. The van der Waals surface area contributed by atoms with E-state index in [1.165, 1.54) is 0 Å². The smallest absolute Gasteiger partial charge is 0.322 e. The Bertz CT molecular complexity index is 952. The Kier molecular flexibility index (Phi) is 15.1. The molecule has 0 aliphatic carbocycles. The molecule has 5 atom stereocenters. The summed E-state index contributed by atoms with van der Waals surface area (Å²) in [5.74, 6) is -8.99. The first-order valence-electron chi connectivity index (χ1n) is 11.4. The minimum atomic E-state index is -1.78. The summed E-state index contributed by atoms with van der Waals surface area (Å²) in [6.45, 7) is 0.327. The predicted octanol–water partition coefficient (Wildman–Crippen LogP) is -5.65. The van der Waals surface area contributed by atoms with Crippen LogP contribution in [0.3, 0.4) is 0 Å². The standard InChI is InChI=1S/C20H34N8O11/c1-8(29)15(19(39)25-7-14(34)35)28-17(37)10(3-2-4-24-20(22)23)26-18(38)11(6-13(32)33)27-16(36)9(21)5-12(30)31/h8-11,15,29H,2-7,21H2,1H3,(H,25,39)(H,26,38)(H,27,36)(H,28,37)(H,30,31)(H,32,33)(H,34,35)(H4,22,23,24)/t8-,9+,10+,11+,15+/m1/s1. The first-order chi connectivity index (χ1) is 18.0. The van der Waals surface area contributed by atoms with Crippen LogP contribution in [-0.2, 0) is 33.6 Å². The van der Waals surface area contributed by atoms with Gasteiger partial charge in [-0.15, -0.1) is 0 Å². The van der Waals surface area contributed by atoms with Gasteiger partial charge >= 0.3 is 17.9 Å². The van der Waals surface area contributed by atoms with Gasteiger partial charge in [-0.1, -0.05) is 0 Å². The first-order valence-corrected chi connectivity index (χ1v) is 11.4. The molecule has 0 aliphatic rings. The molecule has 220 valence electrons. The molecule has 39 heavy (non-hydrogen) atoms. The number of nitrogens with one attached hydrogen (secondary N) is 4. The largest absolute Gasteiger partial charge is 0.481 e. The van der Waals surface area contributed by atoms with Crippen molar-refractivity contribution in [1.29, 1.82) is 0 Å². The highest BCUT2D eigenvalue weighted by Gasteiger charge is 2.33. The topological polar surface area (TPSA) is 339 Å². The van der Waals surface area contributed by atoms with Crippen molar-refractivity contribution in [1.82, 2.24) is 21.3 Å². The molecular weight excluding hydrogens is 528 g/mol. The summed E-state index contributed by atoms with van der Waals surface area (Å²) in [6.07, 6.45) is -3.37. The monoisotopic (exact) mass is 562 g/mol. The van der Waals surface area contributed by atoms with Gasteiger partial charge in [-0.3, -0.25) is 38.6 Å². The summed E-state index contributed by atoms with van der Waals surface area (Å²) >= 11 is 0. The van der Waals surface area contributed by atoms with Crippen LogP contribution in [0.4, 0.5) is 0 Å². The average Bonchev–Trinajstić information content (AvgIpc) is 2.80. The number of guanidine groups is 1. The molecule has 0 radical (unpaired) electrons. The van der Waals surface area contributed by atoms with Crippen LogP contribution < -0.4 is 38.5 Å². The number of carbonyl (C=O) groups is 7. The number of hydrogen-bond donors (Lipinski definition) is 11. The van der Waals surface area contributed by atoms with Gasteiger partial charge in [-0.25, -0.2) is 0 Å². The Morgan fingerprint density at radius 3 is 1.79 bits per heavy atom. The molecule has 0 bridgehead atoms. The maximum Gasteiger partial charge on any atom is 0.322 e. The van der Waals surface area contributed by atoms with Crippen molar-refractivity contribution in [3.05, 3.63) is 0 Å². The SMILES string of the molecule is C[C@@H](O)[C@H](NC(=O)[C@H](CCCN=C(N)N)NC(=O)[C@H](CC(=O)O)NC(=O)[C@@H](N)CC(=O)O)C(=O)NCC(=O)O. The second-order valence-electron chi connectivity index (χ2n) is 8.21. The number of carboxylic acid groups (broad SMARTS) is 3. The third-order valence-corrected chi connectivity index (χ3v) is 4.80. The molecule has 0 aromatic carbocycles. The number of rotatable bonds is 18. The third-order valence-electron chi connectivity index (χ3n) is 4.80. The maximum atomic E-state index is 13.0. The zero-order valence-corrected chi connectivity index (χ0v) is 21.0. The van der Waals surface area contributed by atoms with Gasteiger partial charge in [0.05, 0.1) is 25.0 Å². The van der Waals surface area contributed by atoms with Crippen molar-refractivity contribution in [3.8, 4) is 0 Å². The van der Waals surface area contributed by atoms with E-state index in [2.05, 4.69) is 15.6 Å². The predicted molar refractivity (Wildman–Crippen MR) is 131 cm³/mol. The number of carboxylic acids is 3. The summed E-state index contributed by atoms with van der Waals surface area (Å²) in [5.41, 5.74) is 15.9. The van der Waals surface area contributed by atoms with E-state index < -0.39 is 91.2 Å². The van der Waals surface area contributed by atoms with Crippen LogP contribution in [-0.4, -0.2) is 111 Å². The number of aliphatic imine (C=N–C) groups is 1. The second kappa shape index (κ2) is 17.1. The van der Waals surface area contributed by atoms with Crippen LogP contribution >= 0.6 is 0 Å². The van der Waals surface area contributed by atoms with Crippen LogP contribution in [0.5, 0.6) is 0 Å². The number of amides is 4. The molecule has 0 aromatic rings. The molecule has 0 rings (SSSR count). The Labute approximate surface area is 221 Å². The van der Waals surface area contributed by atoms with Crippen molar-refractivity contribution >= 4 is 47.5 Å². The third kappa shape index (κ3) is 14.7. The molecule has 0 heterocycles. The first kappa shape index (κ1) is 34.5. The maximum absolute atomic E-state index is 13.0. The van der Waals surface area contributed by atoms with E-state index >= 15 is 0 Å². The van der Waals surface area contributed by atoms with E-state index in [0.717, 1.165) is 6.92 Å². The van der Waals surface area contributed by atoms with Gasteiger partial charge in [0.2, 0.25) is 23.6 Å². The molecular formula is C20H34N8O11. The Morgan fingerprint density at radius 2 is 1.31 bits per heavy atom. The zero-order valence-electron chi connectivity index (χ0n) is 21.0. The van der Waals surface area contributed by atoms with E-state index in [9.17, 15) is 38.7 Å². The van der Waals surface area contributed by atoms with Gasteiger partial charge in [0, 0.05) is 6.54 Å². The Morgan fingerprint density at radius 1 is 0.769 bits per heavy atom. The fraction of sp³-hybridized carbons (Fsp3) is 0.600. The number of aliphatic hydroxyl groups is 1. The molecule has 19 nitrogen and oxygen atoms in total. The van der Waals surface area contributed by atoms with E-state index in [1.54, 1.807) is 0 Å². The van der Waals surface area contributed by atoms with Crippen LogP contribution in [0, 0.1) is 0 Å². The lowest BCUT2D eigenvalue weighted by Crippen LogP contribution is -2.60. The average molecular weight is 563 g/mol. The minimum absolute atomic E-state index is 0.000243. The quantitative estimate of drug-likeness (QED) is 0.0421. The van der Waals surface area contributed by atoms with Crippen molar-refractivity contribution in [2.75, 3.05) is 13.1 Å². The van der Waals surface area contributed by atoms with E-state index in [0.29, 0.717) is 0 Å². The van der Waals surface area contributed by atoms with Gasteiger partial charge in [-0.2, -0.15) is 0 Å². The highest BCUT2D eigenvalue weighted by molar-refractivity contribution is 5.97. The number of nitrogens with two attached hydrogens (primary N) is 3. The molecule has 0 aromatic heterocycles. The van der Waals surface area contributed by atoms with Crippen LogP contribution in [0.1, 0.15) is 32.6 Å². The van der Waals surface area contributed by atoms with Gasteiger partial charge in [-0.05, 0) is 19.8 Å². The molecule has 19 heteroatoms. The number of aliphatic hydroxyl groups excluding tert-OH is 1. The van der Waals surface area contributed by atoms with Crippen LogP contribution in [0.15, 0.2) is 4.99 Å². The molecule has 0 saturated carbocycles. The number of nitrogens with zero attached hydrogens (tertiary/aromatic N) is 1. The second-order valence-corrected chi connectivity index (χ2v) is 8.21. The Hall–Kier alpha value is -4.52. The van der Waals surface area contributed by atoms with Crippen molar-refractivity contribution in [2.45, 2.75) is 62.9 Å². The van der Waals surface area contributed by atoms with Crippen molar-refractivity contribution in [3.63, 3.8) is 0 Å². The molecule has 0 fully saturated rings. The highest BCUT2D eigenvalue weighted by Crippen LogP contribution is 2.04. The van der Waals surface area contributed by atoms with Gasteiger partial charge in [0.15, 0.2) is 5.96 Å². The molecule has 0 spiro atoms. The molecule has 14 N–H and O–H groups in total. The summed E-state index contributed by atoms with van der Waals surface area (Å²) in [5, 5.41) is 44.9. The fourth-order valence-electron chi connectivity index (χ4n) is 2.92. The van der Waals surface area contributed by atoms with Crippen LogP contribution in [0.25, 0.3) is 0 Å². The van der Waals surface area contributed by atoms with E-state index in [4.69, 9.17) is 32.5 Å². The van der Waals surface area contributed by atoms with Gasteiger partial charge in [0.1, 0.15) is 24.7 Å².